The normalized spacial score (nSPS) is 10.1. The number of carbonyl (C=O) groups excluding carboxylic acids is 1. The van der Waals surface area contributed by atoms with Crippen LogP contribution in [-0.2, 0) is 0 Å². The fourth-order valence-electron chi connectivity index (χ4n) is 1.89. The molecule has 20 heavy (non-hydrogen) atoms. The molecule has 0 amide bonds. The summed E-state index contributed by atoms with van der Waals surface area (Å²) in [6.07, 6.45) is 6.27. The number of unbranched alkanes of at least 4 members (excludes halogenated alkanes) is 4. The van der Waals surface area contributed by atoms with Crippen molar-refractivity contribution in [2.45, 2.75) is 46.0 Å². The molecule has 1 rings (SSSR count). The lowest BCUT2D eigenvalue weighted by Crippen LogP contribution is -2.29. The minimum absolute atomic E-state index is 0.0735. The molecule has 0 spiro atoms. The number of nitrogens with one attached hydrogen (secondary N) is 2. The molecule has 0 atom stereocenters. The summed E-state index contributed by atoms with van der Waals surface area (Å²) in [4.78, 5) is 11.2. The van der Waals surface area contributed by atoms with Gasteiger partial charge in [-0.2, -0.15) is 0 Å². The topological polar surface area (TPSA) is 41.1 Å². The van der Waals surface area contributed by atoms with Crippen molar-refractivity contribution < 1.29 is 4.79 Å². The third-order valence-electron chi connectivity index (χ3n) is 3.12. The molecule has 0 aromatic heterocycles. The fourth-order valence-corrected chi connectivity index (χ4v) is 2.11. The van der Waals surface area contributed by atoms with E-state index in [-0.39, 0.29) is 5.78 Å². The Morgan fingerprint density at radius 2 is 1.75 bits per heavy atom. The molecule has 110 valence electrons. The molecule has 0 unspecified atom stereocenters. The van der Waals surface area contributed by atoms with Gasteiger partial charge in [-0.15, -0.1) is 0 Å². The molecule has 1 aromatic carbocycles. The molecule has 0 radical (unpaired) electrons. The minimum atomic E-state index is 0.0735. The van der Waals surface area contributed by atoms with Crippen molar-refractivity contribution in [3.05, 3.63) is 29.8 Å². The number of ketones is 1. The molecule has 0 heterocycles. The van der Waals surface area contributed by atoms with Crippen LogP contribution in [0.1, 0.15) is 56.3 Å². The number of hydrogen-bond donors (Lipinski definition) is 2. The van der Waals surface area contributed by atoms with Crippen LogP contribution in [0.4, 0.5) is 5.69 Å². The van der Waals surface area contributed by atoms with E-state index in [9.17, 15) is 4.79 Å². The van der Waals surface area contributed by atoms with Crippen LogP contribution in [0, 0.1) is 0 Å². The Morgan fingerprint density at radius 3 is 2.35 bits per heavy atom. The molecule has 0 saturated heterocycles. The predicted molar refractivity (Wildman–Crippen MR) is 89.4 cm³/mol. The molecule has 0 fully saturated rings. The summed E-state index contributed by atoms with van der Waals surface area (Å²) in [5.74, 6) is 0.0735. The van der Waals surface area contributed by atoms with E-state index in [1.165, 1.54) is 25.7 Å². The van der Waals surface area contributed by atoms with Crippen molar-refractivity contribution in [2.24, 2.45) is 0 Å². The minimum Gasteiger partial charge on any atom is -0.362 e. The van der Waals surface area contributed by atoms with Crippen molar-refractivity contribution >= 4 is 28.8 Å². The van der Waals surface area contributed by atoms with E-state index in [1.807, 2.05) is 12.1 Å². The number of anilines is 1. The third-order valence-corrected chi connectivity index (χ3v) is 3.36. The zero-order valence-corrected chi connectivity index (χ0v) is 13.2. The molecular formula is C16H24N2OS. The van der Waals surface area contributed by atoms with Crippen molar-refractivity contribution in [3.63, 3.8) is 0 Å². The molecular weight excluding hydrogens is 268 g/mol. The lowest BCUT2D eigenvalue weighted by molar-refractivity contribution is 0.101. The van der Waals surface area contributed by atoms with Crippen LogP contribution in [0.25, 0.3) is 0 Å². The van der Waals surface area contributed by atoms with E-state index in [4.69, 9.17) is 12.2 Å². The summed E-state index contributed by atoms with van der Waals surface area (Å²) < 4.78 is 0. The van der Waals surface area contributed by atoms with E-state index < -0.39 is 0 Å². The van der Waals surface area contributed by atoms with Crippen LogP contribution >= 0.6 is 12.2 Å². The smallest absolute Gasteiger partial charge is 0.170 e. The van der Waals surface area contributed by atoms with Crippen molar-refractivity contribution in [1.29, 1.82) is 0 Å². The summed E-state index contributed by atoms with van der Waals surface area (Å²) in [7, 11) is 0. The maximum absolute atomic E-state index is 11.2. The molecule has 1 aromatic rings. The molecule has 2 N–H and O–H groups in total. The van der Waals surface area contributed by atoms with Crippen molar-refractivity contribution in [3.8, 4) is 0 Å². The van der Waals surface area contributed by atoms with Gasteiger partial charge in [-0.1, -0.05) is 32.6 Å². The average Bonchev–Trinajstić information content (AvgIpc) is 2.43. The highest BCUT2D eigenvalue weighted by molar-refractivity contribution is 7.80. The van der Waals surface area contributed by atoms with Gasteiger partial charge in [-0.05, 0) is 49.8 Å². The second-order valence-corrected chi connectivity index (χ2v) is 5.34. The van der Waals surface area contributed by atoms with E-state index in [0.29, 0.717) is 10.7 Å². The lowest BCUT2D eigenvalue weighted by atomic mass is 10.1. The van der Waals surface area contributed by atoms with Crippen LogP contribution in [-0.4, -0.2) is 17.4 Å². The van der Waals surface area contributed by atoms with Gasteiger partial charge in [0.15, 0.2) is 10.9 Å². The monoisotopic (exact) mass is 292 g/mol. The highest BCUT2D eigenvalue weighted by Gasteiger charge is 2.00. The average molecular weight is 292 g/mol. The van der Waals surface area contributed by atoms with Gasteiger partial charge in [0.2, 0.25) is 0 Å². The van der Waals surface area contributed by atoms with Crippen LogP contribution in [0.15, 0.2) is 24.3 Å². The largest absolute Gasteiger partial charge is 0.362 e. The number of thiocarbonyl (C=S) groups is 1. The summed E-state index contributed by atoms with van der Waals surface area (Å²) >= 11 is 5.23. The zero-order chi connectivity index (χ0) is 14.8. The standard InChI is InChI=1S/C16H24N2OS/c1-3-4-5-6-7-12-17-16(20)18-15-10-8-14(9-11-15)13(2)19/h8-11H,3-7,12H2,1-2H3,(H2,17,18,20). The third kappa shape index (κ3) is 6.66. The van der Waals surface area contributed by atoms with Gasteiger partial charge in [-0.3, -0.25) is 4.79 Å². The molecule has 0 aliphatic carbocycles. The quantitative estimate of drug-likeness (QED) is 0.429. The first kappa shape index (κ1) is 16.6. The van der Waals surface area contributed by atoms with Gasteiger partial charge in [0.05, 0.1) is 0 Å². The zero-order valence-electron chi connectivity index (χ0n) is 12.4. The first-order valence-corrected chi connectivity index (χ1v) is 7.70. The second-order valence-electron chi connectivity index (χ2n) is 4.93. The van der Waals surface area contributed by atoms with Gasteiger partial charge in [0.1, 0.15) is 0 Å². The van der Waals surface area contributed by atoms with E-state index in [2.05, 4.69) is 17.6 Å². The first-order valence-electron chi connectivity index (χ1n) is 7.29. The van der Waals surface area contributed by atoms with Crippen LogP contribution < -0.4 is 10.6 Å². The summed E-state index contributed by atoms with van der Waals surface area (Å²) in [6, 6.07) is 7.34. The Morgan fingerprint density at radius 1 is 1.10 bits per heavy atom. The molecule has 3 nitrogen and oxygen atoms in total. The number of benzene rings is 1. The molecule has 0 aliphatic rings. The summed E-state index contributed by atoms with van der Waals surface area (Å²) in [6.45, 7) is 4.68. The summed E-state index contributed by atoms with van der Waals surface area (Å²) in [5, 5.41) is 6.95. The van der Waals surface area contributed by atoms with E-state index in [0.717, 1.165) is 18.7 Å². The van der Waals surface area contributed by atoms with Gasteiger partial charge in [0, 0.05) is 17.8 Å². The fraction of sp³-hybridized carbons (Fsp3) is 0.500. The number of Topliss-reactive ketones (excluding diaryl/α,β-unsaturated/α-hetero) is 1. The van der Waals surface area contributed by atoms with E-state index >= 15 is 0 Å². The van der Waals surface area contributed by atoms with Crippen LogP contribution in [0.5, 0.6) is 0 Å². The van der Waals surface area contributed by atoms with Gasteiger partial charge in [-0.25, -0.2) is 0 Å². The molecule has 4 heteroatoms. The Labute approximate surface area is 127 Å². The molecule has 0 bridgehead atoms. The maximum Gasteiger partial charge on any atom is 0.170 e. The van der Waals surface area contributed by atoms with Gasteiger partial charge >= 0.3 is 0 Å². The Balaban J connectivity index is 2.23. The molecule has 0 aliphatic heterocycles. The lowest BCUT2D eigenvalue weighted by Gasteiger charge is -2.10. The first-order chi connectivity index (χ1) is 9.63. The van der Waals surface area contributed by atoms with Crippen LogP contribution in [0.3, 0.4) is 0 Å². The SMILES string of the molecule is CCCCCCCNC(=S)Nc1ccc(C(C)=O)cc1. The number of carbonyl (C=O) groups is 1. The van der Waals surface area contributed by atoms with Crippen LogP contribution in [0.2, 0.25) is 0 Å². The summed E-state index contributed by atoms with van der Waals surface area (Å²) in [5.41, 5.74) is 1.61. The predicted octanol–water partition coefficient (Wildman–Crippen LogP) is 4.15. The van der Waals surface area contributed by atoms with E-state index in [1.54, 1.807) is 19.1 Å². The number of hydrogen-bond acceptors (Lipinski definition) is 2. The number of rotatable bonds is 8. The Kier molecular flexibility index (Phi) is 7.88. The van der Waals surface area contributed by atoms with Crippen molar-refractivity contribution in [1.82, 2.24) is 5.32 Å². The second kappa shape index (κ2) is 9.48. The highest BCUT2D eigenvalue weighted by atomic mass is 32.1. The maximum atomic E-state index is 11.2. The molecule has 0 saturated carbocycles. The Hall–Kier alpha value is -1.42. The Bertz CT molecular complexity index is 429. The highest BCUT2D eigenvalue weighted by Crippen LogP contribution is 2.10. The van der Waals surface area contributed by atoms with Crippen molar-refractivity contribution in [2.75, 3.05) is 11.9 Å². The van der Waals surface area contributed by atoms with Gasteiger partial charge < -0.3 is 10.6 Å². The van der Waals surface area contributed by atoms with Gasteiger partial charge in [0.25, 0.3) is 0 Å².